The maximum atomic E-state index is 4.37. The fourth-order valence-electron chi connectivity index (χ4n) is 2.07. The minimum Gasteiger partial charge on any atom is -0.332 e. The van der Waals surface area contributed by atoms with Crippen LogP contribution in [0.5, 0.6) is 0 Å². The second-order valence-corrected chi connectivity index (χ2v) is 5.19. The average molecular weight is 237 g/mol. The third kappa shape index (κ3) is 4.90. The predicted octanol–water partition coefficient (Wildman–Crippen LogP) is 3.03. The van der Waals surface area contributed by atoms with Gasteiger partial charge >= 0.3 is 0 Å². The van der Waals surface area contributed by atoms with Crippen molar-refractivity contribution in [3.63, 3.8) is 0 Å². The standard InChI is InChI=1S/C14H27N3/c1-5-14-16-9-10-17(14)13(4)7-6-8-15-11-12(2)3/h9-10,12-13,15H,5-8,11H2,1-4H3. The summed E-state index contributed by atoms with van der Waals surface area (Å²) in [6, 6.07) is 0.563. The van der Waals surface area contributed by atoms with Gasteiger partial charge in [0.05, 0.1) is 0 Å². The van der Waals surface area contributed by atoms with Crippen molar-refractivity contribution in [3.8, 4) is 0 Å². The van der Waals surface area contributed by atoms with Crippen LogP contribution in [0.15, 0.2) is 12.4 Å². The third-order valence-corrected chi connectivity index (χ3v) is 3.07. The molecule has 0 aliphatic carbocycles. The molecule has 17 heavy (non-hydrogen) atoms. The normalized spacial score (nSPS) is 13.2. The summed E-state index contributed by atoms with van der Waals surface area (Å²) in [4.78, 5) is 4.37. The van der Waals surface area contributed by atoms with Crippen LogP contribution in [0.3, 0.4) is 0 Å². The van der Waals surface area contributed by atoms with Gasteiger partial charge in [0.1, 0.15) is 5.82 Å². The van der Waals surface area contributed by atoms with Gasteiger partial charge in [-0.2, -0.15) is 0 Å². The Morgan fingerprint density at radius 2 is 2.12 bits per heavy atom. The summed E-state index contributed by atoms with van der Waals surface area (Å²) in [5, 5.41) is 3.49. The summed E-state index contributed by atoms with van der Waals surface area (Å²) in [5.41, 5.74) is 0. The van der Waals surface area contributed by atoms with Crippen LogP contribution in [0.25, 0.3) is 0 Å². The Bertz CT molecular complexity index is 304. The average Bonchev–Trinajstić information content (AvgIpc) is 2.75. The number of aryl methyl sites for hydroxylation is 1. The van der Waals surface area contributed by atoms with Crippen molar-refractivity contribution in [2.45, 2.75) is 53.0 Å². The zero-order chi connectivity index (χ0) is 12.7. The van der Waals surface area contributed by atoms with E-state index >= 15 is 0 Å². The van der Waals surface area contributed by atoms with Gasteiger partial charge in [-0.3, -0.25) is 0 Å². The summed E-state index contributed by atoms with van der Waals surface area (Å²) >= 11 is 0. The topological polar surface area (TPSA) is 29.9 Å². The van der Waals surface area contributed by atoms with E-state index in [1.165, 1.54) is 18.7 Å². The Balaban J connectivity index is 2.23. The molecule has 98 valence electrons. The summed E-state index contributed by atoms with van der Waals surface area (Å²) in [5.74, 6) is 1.94. The first kappa shape index (κ1) is 14.2. The van der Waals surface area contributed by atoms with E-state index in [4.69, 9.17) is 0 Å². The van der Waals surface area contributed by atoms with Crippen molar-refractivity contribution in [1.82, 2.24) is 14.9 Å². The van der Waals surface area contributed by atoms with Crippen LogP contribution in [-0.2, 0) is 6.42 Å². The molecule has 1 aromatic heterocycles. The molecule has 0 aliphatic heterocycles. The van der Waals surface area contributed by atoms with Crippen LogP contribution in [0.2, 0.25) is 0 Å². The third-order valence-electron chi connectivity index (χ3n) is 3.07. The summed E-state index contributed by atoms with van der Waals surface area (Å²) in [7, 11) is 0. The lowest BCUT2D eigenvalue weighted by Gasteiger charge is -2.16. The van der Waals surface area contributed by atoms with Crippen LogP contribution in [0.1, 0.15) is 52.4 Å². The Hall–Kier alpha value is -0.830. The first-order chi connectivity index (χ1) is 8.15. The van der Waals surface area contributed by atoms with Gasteiger partial charge in [0.25, 0.3) is 0 Å². The van der Waals surface area contributed by atoms with Gasteiger partial charge in [0, 0.05) is 24.9 Å². The minimum atomic E-state index is 0.563. The van der Waals surface area contributed by atoms with Crippen LogP contribution >= 0.6 is 0 Å². The number of nitrogens with one attached hydrogen (secondary N) is 1. The first-order valence-electron chi connectivity index (χ1n) is 6.87. The Kier molecular flexibility index (Phi) is 6.27. The van der Waals surface area contributed by atoms with E-state index in [1.807, 2.05) is 6.20 Å². The SMILES string of the molecule is CCc1nccn1C(C)CCCNCC(C)C. The summed E-state index contributed by atoms with van der Waals surface area (Å²) in [6.07, 6.45) is 7.48. The van der Waals surface area contributed by atoms with Gasteiger partial charge in [-0.05, 0) is 38.8 Å². The van der Waals surface area contributed by atoms with E-state index < -0.39 is 0 Å². The van der Waals surface area contributed by atoms with Gasteiger partial charge in [0.2, 0.25) is 0 Å². The van der Waals surface area contributed by atoms with Crippen molar-refractivity contribution >= 4 is 0 Å². The fraction of sp³-hybridized carbons (Fsp3) is 0.786. The molecular formula is C14H27N3. The molecule has 0 aliphatic rings. The summed E-state index contributed by atoms with van der Waals surface area (Å²) < 4.78 is 2.31. The van der Waals surface area contributed by atoms with Crippen LogP contribution in [0.4, 0.5) is 0 Å². The molecule has 1 aromatic rings. The van der Waals surface area contributed by atoms with E-state index in [9.17, 15) is 0 Å². The number of rotatable bonds is 8. The minimum absolute atomic E-state index is 0.563. The lowest BCUT2D eigenvalue weighted by molar-refractivity contribution is 0.454. The Morgan fingerprint density at radius 3 is 2.76 bits per heavy atom. The predicted molar refractivity (Wildman–Crippen MR) is 73.3 cm³/mol. The highest BCUT2D eigenvalue weighted by Gasteiger charge is 2.07. The molecular weight excluding hydrogens is 210 g/mol. The molecule has 0 saturated carbocycles. The van der Waals surface area contributed by atoms with E-state index in [2.05, 4.69) is 48.8 Å². The molecule has 0 aromatic carbocycles. The van der Waals surface area contributed by atoms with Gasteiger partial charge in [-0.25, -0.2) is 4.98 Å². The molecule has 0 radical (unpaired) electrons. The van der Waals surface area contributed by atoms with E-state index in [0.29, 0.717) is 6.04 Å². The van der Waals surface area contributed by atoms with Gasteiger partial charge in [0.15, 0.2) is 0 Å². The van der Waals surface area contributed by atoms with Gasteiger partial charge < -0.3 is 9.88 Å². The maximum Gasteiger partial charge on any atom is 0.108 e. The molecule has 0 fully saturated rings. The summed E-state index contributed by atoms with van der Waals surface area (Å²) in [6.45, 7) is 11.2. The molecule has 1 N–H and O–H groups in total. The molecule has 3 heteroatoms. The molecule has 0 amide bonds. The smallest absolute Gasteiger partial charge is 0.108 e. The second kappa shape index (κ2) is 7.49. The first-order valence-corrected chi connectivity index (χ1v) is 6.87. The second-order valence-electron chi connectivity index (χ2n) is 5.19. The monoisotopic (exact) mass is 237 g/mol. The highest BCUT2D eigenvalue weighted by Crippen LogP contribution is 2.15. The number of hydrogen-bond acceptors (Lipinski definition) is 2. The Labute approximate surface area is 106 Å². The Morgan fingerprint density at radius 1 is 1.35 bits per heavy atom. The van der Waals surface area contributed by atoms with Crippen molar-refractivity contribution < 1.29 is 0 Å². The molecule has 1 atom stereocenters. The van der Waals surface area contributed by atoms with Gasteiger partial charge in [-0.1, -0.05) is 20.8 Å². The molecule has 3 nitrogen and oxygen atoms in total. The lowest BCUT2D eigenvalue weighted by Crippen LogP contribution is -2.21. The van der Waals surface area contributed by atoms with Crippen molar-refractivity contribution in [2.75, 3.05) is 13.1 Å². The molecule has 0 spiro atoms. The van der Waals surface area contributed by atoms with Crippen LogP contribution < -0.4 is 5.32 Å². The molecule has 0 saturated heterocycles. The van der Waals surface area contributed by atoms with Crippen molar-refractivity contribution in [3.05, 3.63) is 18.2 Å². The highest BCUT2D eigenvalue weighted by molar-refractivity contribution is 4.94. The van der Waals surface area contributed by atoms with Crippen LogP contribution in [0, 0.1) is 5.92 Å². The number of imidazole rings is 1. The zero-order valence-corrected chi connectivity index (χ0v) is 11.7. The number of nitrogens with zero attached hydrogens (tertiary/aromatic N) is 2. The molecule has 1 unspecified atom stereocenters. The van der Waals surface area contributed by atoms with E-state index in [1.54, 1.807) is 0 Å². The lowest BCUT2D eigenvalue weighted by atomic mass is 10.1. The molecule has 0 bridgehead atoms. The molecule has 1 heterocycles. The highest BCUT2D eigenvalue weighted by atomic mass is 15.1. The van der Waals surface area contributed by atoms with E-state index in [0.717, 1.165) is 25.4 Å². The maximum absolute atomic E-state index is 4.37. The largest absolute Gasteiger partial charge is 0.332 e. The van der Waals surface area contributed by atoms with Crippen molar-refractivity contribution in [1.29, 1.82) is 0 Å². The zero-order valence-electron chi connectivity index (χ0n) is 11.7. The number of hydrogen-bond donors (Lipinski definition) is 1. The molecule has 1 rings (SSSR count). The van der Waals surface area contributed by atoms with E-state index in [-0.39, 0.29) is 0 Å². The van der Waals surface area contributed by atoms with Crippen molar-refractivity contribution in [2.24, 2.45) is 5.92 Å². The quantitative estimate of drug-likeness (QED) is 0.704. The van der Waals surface area contributed by atoms with Gasteiger partial charge in [-0.15, -0.1) is 0 Å². The number of aromatic nitrogens is 2. The van der Waals surface area contributed by atoms with Crippen LogP contribution in [-0.4, -0.2) is 22.6 Å². The fourth-order valence-corrected chi connectivity index (χ4v) is 2.07.